The molecule has 0 unspecified atom stereocenters. The maximum absolute atomic E-state index is 9.60. The molecule has 0 aromatic rings. The van der Waals surface area contributed by atoms with Crippen LogP contribution in [0.5, 0.6) is 0 Å². The van der Waals surface area contributed by atoms with Gasteiger partial charge in [0, 0.05) is 13.8 Å². The summed E-state index contributed by atoms with van der Waals surface area (Å²) >= 11 is 0. The predicted octanol–water partition coefficient (Wildman–Crippen LogP) is 0.952. The van der Waals surface area contributed by atoms with Crippen molar-refractivity contribution >= 4 is 5.97 Å². The van der Waals surface area contributed by atoms with Crippen molar-refractivity contribution in [1.29, 1.82) is 0 Å². The molecule has 0 aliphatic heterocycles. The molecular weight excluding hydrogens is 92.1 g/mol. The molecule has 2 nitrogen and oxygen atoms in total. The number of rotatable bonds is 2. The zero-order valence-corrected chi connectivity index (χ0v) is 4.27. The third kappa shape index (κ3) is 10.8. The van der Waals surface area contributed by atoms with E-state index in [1.165, 1.54) is 0 Å². The van der Waals surface area contributed by atoms with E-state index >= 15 is 0 Å². The first kappa shape index (κ1) is 9.69. The number of carboxylic acid groups (broad SMARTS) is 1. The summed E-state index contributed by atoms with van der Waals surface area (Å²) in [5.74, 6) is -0.711. The van der Waals surface area contributed by atoms with Crippen molar-refractivity contribution in [3.63, 3.8) is 0 Å². The predicted molar refractivity (Wildman–Crippen MR) is 25.8 cm³/mol. The minimum absolute atomic E-state index is 0. The molecule has 0 spiro atoms. The second-order valence-electron chi connectivity index (χ2n) is 1.14. The lowest BCUT2D eigenvalue weighted by atomic mass is 10.4. The third-order valence-corrected chi connectivity index (χ3v) is 0.464. The van der Waals surface area contributed by atoms with Crippen molar-refractivity contribution in [1.82, 2.24) is 0 Å². The van der Waals surface area contributed by atoms with Gasteiger partial charge in [-0.05, 0) is 6.42 Å². The minimum atomic E-state index is -0.711. The van der Waals surface area contributed by atoms with Crippen LogP contribution in [-0.2, 0) is 4.79 Å². The van der Waals surface area contributed by atoms with Crippen LogP contribution in [0.2, 0.25) is 0 Å². The number of carboxylic acids is 1. The van der Waals surface area contributed by atoms with E-state index in [2.05, 4.69) is 0 Å². The summed E-state index contributed by atoms with van der Waals surface area (Å²) in [7, 11) is 0. The highest BCUT2D eigenvalue weighted by atomic mass is 16.4. The summed E-state index contributed by atoms with van der Waals surface area (Å²) < 4.78 is 0. The maximum Gasteiger partial charge on any atom is 0.303 e. The summed E-state index contributed by atoms with van der Waals surface area (Å²) in [4.78, 5) is 9.60. The van der Waals surface area contributed by atoms with Crippen LogP contribution in [0.1, 0.15) is 19.8 Å². The Morgan fingerprint density at radius 3 is 2.14 bits per heavy atom. The number of aliphatic carboxylic acids is 1. The van der Waals surface area contributed by atoms with E-state index in [-0.39, 0.29) is 7.43 Å². The molecule has 0 heterocycles. The van der Waals surface area contributed by atoms with Crippen molar-refractivity contribution in [2.45, 2.75) is 19.8 Å². The van der Waals surface area contributed by atoms with Gasteiger partial charge in [0.15, 0.2) is 0 Å². The molecule has 0 bridgehead atoms. The van der Waals surface area contributed by atoms with Crippen molar-refractivity contribution in [3.8, 4) is 0 Å². The van der Waals surface area contributed by atoms with Gasteiger partial charge in [-0.15, -0.1) is 0 Å². The van der Waals surface area contributed by atoms with Crippen LogP contribution < -0.4 is 0 Å². The van der Waals surface area contributed by atoms with Crippen LogP contribution in [0.3, 0.4) is 0 Å². The lowest BCUT2D eigenvalue weighted by Gasteiger charge is -1.79. The number of hydrogen-bond acceptors (Lipinski definition) is 1. The molecule has 0 aliphatic rings. The SMILES string of the molecule is CCCC(=O)O.[C]. The Labute approximate surface area is 44.2 Å². The van der Waals surface area contributed by atoms with Gasteiger partial charge >= 0.3 is 5.97 Å². The Hall–Kier alpha value is -0.530. The lowest BCUT2D eigenvalue weighted by molar-refractivity contribution is -0.137. The summed E-state index contributed by atoms with van der Waals surface area (Å²) in [6.45, 7) is 1.84. The summed E-state index contributed by atoms with van der Waals surface area (Å²) in [6, 6.07) is 0. The Morgan fingerprint density at radius 1 is 1.71 bits per heavy atom. The average molecular weight is 100 g/mol. The molecule has 0 saturated carbocycles. The molecule has 0 saturated heterocycles. The normalized spacial score (nSPS) is 7.00. The highest BCUT2D eigenvalue weighted by molar-refractivity contribution is 5.66. The van der Waals surface area contributed by atoms with Crippen LogP contribution in [0.4, 0.5) is 0 Å². The maximum atomic E-state index is 9.60. The molecular formula is C5H8O2. The van der Waals surface area contributed by atoms with Gasteiger partial charge in [-0.25, -0.2) is 0 Å². The van der Waals surface area contributed by atoms with Gasteiger partial charge in [-0.1, -0.05) is 6.92 Å². The fourth-order valence-corrected chi connectivity index (χ4v) is 0.214. The van der Waals surface area contributed by atoms with E-state index in [0.29, 0.717) is 6.42 Å². The molecule has 0 aromatic carbocycles. The molecule has 0 fully saturated rings. The summed E-state index contributed by atoms with van der Waals surface area (Å²) in [5.41, 5.74) is 0. The fraction of sp³-hybridized carbons (Fsp3) is 0.600. The van der Waals surface area contributed by atoms with E-state index in [0.717, 1.165) is 6.42 Å². The topological polar surface area (TPSA) is 37.3 Å². The molecule has 0 aromatic heterocycles. The largest absolute Gasteiger partial charge is 0.481 e. The lowest BCUT2D eigenvalue weighted by Crippen LogP contribution is -1.90. The minimum Gasteiger partial charge on any atom is -0.481 e. The van der Waals surface area contributed by atoms with Gasteiger partial charge in [0.25, 0.3) is 0 Å². The van der Waals surface area contributed by atoms with Gasteiger partial charge in [0.2, 0.25) is 0 Å². The van der Waals surface area contributed by atoms with E-state index in [4.69, 9.17) is 5.11 Å². The fourth-order valence-electron chi connectivity index (χ4n) is 0.214. The number of carbonyl (C=O) groups is 1. The zero-order chi connectivity index (χ0) is 4.99. The molecule has 0 rings (SSSR count). The Kier molecular flexibility index (Phi) is 7.57. The molecule has 7 heavy (non-hydrogen) atoms. The van der Waals surface area contributed by atoms with Crippen LogP contribution in [-0.4, -0.2) is 11.1 Å². The zero-order valence-electron chi connectivity index (χ0n) is 4.27. The van der Waals surface area contributed by atoms with E-state index in [1.54, 1.807) is 0 Å². The average Bonchev–Trinajstić information content (AvgIpc) is 1.35. The molecule has 40 valence electrons. The quantitative estimate of drug-likeness (QED) is 0.561. The van der Waals surface area contributed by atoms with E-state index in [1.807, 2.05) is 6.92 Å². The van der Waals surface area contributed by atoms with Gasteiger partial charge in [0.1, 0.15) is 0 Å². The van der Waals surface area contributed by atoms with Gasteiger partial charge in [0.05, 0.1) is 0 Å². The van der Waals surface area contributed by atoms with Crippen molar-refractivity contribution < 1.29 is 9.90 Å². The first-order valence-corrected chi connectivity index (χ1v) is 1.99. The first-order chi connectivity index (χ1) is 2.77. The van der Waals surface area contributed by atoms with E-state index < -0.39 is 5.97 Å². The van der Waals surface area contributed by atoms with Crippen LogP contribution in [0, 0.1) is 7.43 Å². The van der Waals surface area contributed by atoms with Crippen LogP contribution in [0.25, 0.3) is 0 Å². The van der Waals surface area contributed by atoms with Gasteiger partial charge in [-0.3, -0.25) is 4.79 Å². The highest BCUT2D eigenvalue weighted by Gasteiger charge is 1.87. The smallest absolute Gasteiger partial charge is 0.303 e. The van der Waals surface area contributed by atoms with Crippen molar-refractivity contribution in [3.05, 3.63) is 7.43 Å². The highest BCUT2D eigenvalue weighted by Crippen LogP contribution is 1.82. The van der Waals surface area contributed by atoms with Crippen molar-refractivity contribution in [2.75, 3.05) is 0 Å². The molecule has 0 amide bonds. The van der Waals surface area contributed by atoms with E-state index in [9.17, 15) is 4.79 Å². The molecule has 4 radical (unpaired) electrons. The third-order valence-electron chi connectivity index (χ3n) is 0.464. The molecule has 0 atom stereocenters. The number of hydrogen-bond donors (Lipinski definition) is 1. The summed E-state index contributed by atoms with van der Waals surface area (Å²) in [6.07, 6.45) is 1.02. The van der Waals surface area contributed by atoms with Crippen LogP contribution >= 0.6 is 0 Å². The molecule has 0 aliphatic carbocycles. The Balaban J connectivity index is 0. The Bertz CT molecular complexity index is 50.0. The van der Waals surface area contributed by atoms with Gasteiger partial charge < -0.3 is 5.11 Å². The summed E-state index contributed by atoms with van der Waals surface area (Å²) in [5, 5.41) is 7.91. The van der Waals surface area contributed by atoms with Crippen LogP contribution in [0.15, 0.2) is 0 Å². The first-order valence-electron chi connectivity index (χ1n) is 1.99. The molecule has 1 N–H and O–H groups in total. The standard InChI is InChI=1S/C4H8O2.C/c1-2-3-4(5)6;/h2-3H2,1H3,(H,5,6);. The second kappa shape index (κ2) is 5.47. The van der Waals surface area contributed by atoms with Gasteiger partial charge in [-0.2, -0.15) is 0 Å². The Morgan fingerprint density at radius 2 is 2.14 bits per heavy atom. The second-order valence-corrected chi connectivity index (χ2v) is 1.14. The van der Waals surface area contributed by atoms with Crippen molar-refractivity contribution in [2.24, 2.45) is 0 Å². The molecule has 2 heteroatoms. The monoisotopic (exact) mass is 100 g/mol.